The molecule has 4 nitrogen and oxygen atoms in total. The molecule has 0 saturated carbocycles. The number of carbonyl (C=O) groups is 1. The predicted octanol–water partition coefficient (Wildman–Crippen LogP) is 4.04. The van der Waals surface area contributed by atoms with Gasteiger partial charge in [0.25, 0.3) is 5.91 Å². The van der Waals surface area contributed by atoms with Crippen molar-refractivity contribution in [1.29, 1.82) is 0 Å². The molecule has 138 valence electrons. The highest BCUT2D eigenvalue weighted by Crippen LogP contribution is 2.29. The number of nitrogens with one attached hydrogen (secondary N) is 1. The van der Waals surface area contributed by atoms with Gasteiger partial charge in [0.1, 0.15) is 0 Å². The van der Waals surface area contributed by atoms with Gasteiger partial charge in [-0.25, -0.2) is 0 Å². The summed E-state index contributed by atoms with van der Waals surface area (Å²) in [6.45, 7) is 5.84. The number of rotatable bonds is 5. The fraction of sp³-hybridized carbons (Fsp3) is 0.304. The molecule has 2 aromatic carbocycles. The predicted molar refractivity (Wildman–Crippen MR) is 110 cm³/mol. The largest absolute Gasteiger partial charge is 0.351 e. The first kappa shape index (κ1) is 17.7. The number of likely N-dealkylation sites (tertiary alicyclic amines) is 1. The first-order valence-corrected chi connectivity index (χ1v) is 9.69. The van der Waals surface area contributed by atoms with E-state index in [1.165, 1.54) is 12.8 Å². The van der Waals surface area contributed by atoms with Crippen LogP contribution in [0.3, 0.4) is 0 Å². The average Bonchev–Trinajstić information content (AvgIpc) is 3.21. The van der Waals surface area contributed by atoms with Crippen LogP contribution < -0.4 is 5.32 Å². The monoisotopic (exact) mass is 359 g/mol. The minimum Gasteiger partial charge on any atom is -0.351 e. The zero-order valence-corrected chi connectivity index (χ0v) is 15.7. The second-order valence-corrected chi connectivity index (χ2v) is 7.18. The third kappa shape index (κ3) is 3.86. The molecule has 1 aliphatic rings. The van der Waals surface area contributed by atoms with E-state index < -0.39 is 0 Å². The Labute approximate surface area is 160 Å². The van der Waals surface area contributed by atoms with Gasteiger partial charge in [0.15, 0.2) is 0 Å². The Kier molecular flexibility index (Phi) is 5.16. The minimum atomic E-state index is -0.0186. The molecule has 1 saturated heterocycles. The summed E-state index contributed by atoms with van der Waals surface area (Å²) < 4.78 is 0. The number of carbonyl (C=O) groups excluding carboxylic acids is 1. The van der Waals surface area contributed by atoms with Crippen LogP contribution in [0.25, 0.3) is 22.0 Å². The molecule has 1 amide bonds. The lowest BCUT2D eigenvalue weighted by Gasteiger charge is -2.16. The average molecular weight is 359 g/mol. The third-order valence-electron chi connectivity index (χ3n) is 5.21. The van der Waals surface area contributed by atoms with E-state index >= 15 is 0 Å². The summed E-state index contributed by atoms with van der Waals surface area (Å²) in [5.41, 5.74) is 4.62. The number of aryl methyl sites for hydroxylation is 1. The van der Waals surface area contributed by atoms with E-state index in [1.54, 1.807) is 0 Å². The van der Waals surface area contributed by atoms with Crippen molar-refractivity contribution in [3.05, 3.63) is 65.9 Å². The first-order valence-electron chi connectivity index (χ1n) is 9.69. The van der Waals surface area contributed by atoms with Crippen molar-refractivity contribution < 1.29 is 4.79 Å². The van der Waals surface area contributed by atoms with Gasteiger partial charge in [-0.2, -0.15) is 0 Å². The van der Waals surface area contributed by atoms with Crippen molar-refractivity contribution in [1.82, 2.24) is 15.2 Å². The number of pyridine rings is 1. The lowest BCUT2D eigenvalue weighted by atomic mass is 9.99. The number of amides is 1. The summed E-state index contributed by atoms with van der Waals surface area (Å²) in [5.74, 6) is -0.0186. The molecule has 27 heavy (non-hydrogen) atoms. The second kappa shape index (κ2) is 7.89. The molecule has 1 aromatic heterocycles. The molecule has 3 aromatic rings. The molecule has 4 rings (SSSR count). The normalized spacial score (nSPS) is 14.6. The van der Waals surface area contributed by atoms with Gasteiger partial charge in [-0.3, -0.25) is 9.78 Å². The van der Waals surface area contributed by atoms with E-state index in [1.807, 2.05) is 43.3 Å². The lowest BCUT2D eigenvalue weighted by molar-refractivity contribution is 0.0951. The summed E-state index contributed by atoms with van der Waals surface area (Å²) in [6.07, 6.45) is 2.54. The standard InChI is InChI=1S/C23H25N3O/c1-17-16-21(23(27)24-12-15-26-13-5-6-14-26)20-11-7-10-19(22(20)25-17)18-8-3-2-4-9-18/h2-4,7-11,16H,5-6,12-15H2,1H3,(H,24,27). The van der Waals surface area contributed by atoms with Crippen LogP contribution in [-0.2, 0) is 0 Å². The number of para-hydroxylation sites is 1. The molecule has 1 aliphatic heterocycles. The SMILES string of the molecule is Cc1cc(C(=O)NCCN2CCCC2)c2cccc(-c3ccccc3)c2n1. The van der Waals surface area contributed by atoms with Crippen LogP contribution in [0.5, 0.6) is 0 Å². The van der Waals surface area contributed by atoms with Crippen LogP contribution in [-0.4, -0.2) is 42.0 Å². The van der Waals surface area contributed by atoms with E-state index in [-0.39, 0.29) is 5.91 Å². The van der Waals surface area contributed by atoms with Crippen LogP contribution in [0.1, 0.15) is 28.9 Å². The Balaban J connectivity index is 1.63. The molecule has 2 heterocycles. The molecule has 0 aliphatic carbocycles. The van der Waals surface area contributed by atoms with E-state index in [4.69, 9.17) is 4.98 Å². The van der Waals surface area contributed by atoms with Crippen LogP contribution in [0.2, 0.25) is 0 Å². The number of nitrogens with zero attached hydrogens (tertiary/aromatic N) is 2. The van der Waals surface area contributed by atoms with E-state index in [9.17, 15) is 4.79 Å². The van der Waals surface area contributed by atoms with Gasteiger partial charge in [-0.1, -0.05) is 48.5 Å². The van der Waals surface area contributed by atoms with Gasteiger partial charge in [0.2, 0.25) is 0 Å². The second-order valence-electron chi connectivity index (χ2n) is 7.18. The van der Waals surface area contributed by atoms with Crippen LogP contribution in [0.15, 0.2) is 54.6 Å². The zero-order valence-electron chi connectivity index (χ0n) is 15.7. The Bertz CT molecular complexity index is 946. The maximum absolute atomic E-state index is 12.9. The molecular weight excluding hydrogens is 334 g/mol. The van der Waals surface area contributed by atoms with Crippen molar-refractivity contribution >= 4 is 16.8 Å². The quantitative estimate of drug-likeness (QED) is 0.748. The minimum absolute atomic E-state index is 0.0186. The first-order chi connectivity index (χ1) is 13.2. The van der Waals surface area contributed by atoms with Crippen molar-refractivity contribution in [2.75, 3.05) is 26.2 Å². The fourth-order valence-electron chi connectivity index (χ4n) is 3.84. The maximum Gasteiger partial charge on any atom is 0.252 e. The smallest absolute Gasteiger partial charge is 0.252 e. The Morgan fingerprint density at radius 2 is 1.85 bits per heavy atom. The van der Waals surface area contributed by atoms with Crippen molar-refractivity contribution in [3.63, 3.8) is 0 Å². The van der Waals surface area contributed by atoms with Crippen LogP contribution in [0.4, 0.5) is 0 Å². The van der Waals surface area contributed by atoms with Gasteiger partial charge >= 0.3 is 0 Å². The van der Waals surface area contributed by atoms with Crippen molar-refractivity contribution in [2.45, 2.75) is 19.8 Å². The molecule has 0 unspecified atom stereocenters. The van der Waals surface area contributed by atoms with Crippen molar-refractivity contribution in [2.24, 2.45) is 0 Å². The summed E-state index contributed by atoms with van der Waals surface area (Å²) in [4.78, 5) is 20.0. The highest BCUT2D eigenvalue weighted by atomic mass is 16.1. The molecule has 0 spiro atoms. The van der Waals surface area contributed by atoms with Gasteiger partial charge in [0, 0.05) is 29.7 Å². The van der Waals surface area contributed by atoms with E-state index in [2.05, 4.69) is 28.4 Å². The molecule has 0 bridgehead atoms. The van der Waals surface area contributed by atoms with Gasteiger partial charge in [0.05, 0.1) is 11.1 Å². The van der Waals surface area contributed by atoms with Gasteiger partial charge < -0.3 is 10.2 Å². The third-order valence-corrected chi connectivity index (χ3v) is 5.21. The van der Waals surface area contributed by atoms with Crippen LogP contribution >= 0.6 is 0 Å². The van der Waals surface area contributed by atoms with E-state index in [0.29, 0.717) is 12.1 Å². The summed E-state index contributed by atoms with van der Waals surface area (Å²) in [5, 5.41) is 4.00. The highest BCUT2D eigenvalue weighted by Gasteiger charge is 2.16. The Hall–Kier alpha value is -2.72. The molecule has 4 heteroatoms. The van der Waals surface area contributed by atoms with E-state index in [0.717, 1.165) is 47.4 Å². The molecule has 0 atom stereocenters. The summed E-state index contributed by atoms with van der Waals surface area (Å²) in [6, 6.07) is 18.2. The number of fused-ring (bicyclic) bond motifs is 1. The van der Waals surface area contributed by atoms with Crippen LogP contribution in [0, 0.1) is 6.92 Å². The molecular formula is C23H25N3O. The lowest BCUT2D eigenvalue weighted by Crippen LogP contribution is -2.33. The summed E-state index contributed by atoms with van der Waals surface area (Å²) in [7, 11) is 0. The maximum atomic E-state index is 12.9. The fourth-order valence-corrected chi connectivity index (χ4v) is 3.84. The number of hydrogen-bond donors (Lipinski definition) is 1. The zero-order chi connectivity index (χ0) is 18.6. The number of benzene rings is 2. The topological polar surface area (TPSA) is 45.2 Å². The van der Waals surface area contributed by atoms with Gasteiger partial charge in [-0.05, 0) is 44.5 Å². The molecule has 1 N–H and O–H groups in total. The summed E-state index contributed by atoms with van der Waals surface area (Å²) >= 11 is 0. The number of hydrogen-bond acceptors (Lipinski definition) is 3. The Morgan fingerprint density at radius 1 is 1.07 bits per heavy atom. The van der Waals surface area contributed by atoms with Crippen molar-refractivity contribution in [3.8, 4) is 11.1 Å². The number of aromatic nitrogens is 1. The highest BCUT2D eigenvalue weighted by molar-refractivity contribution is 6.09. The van der Waals surface area contributed by atoms with Gasteiger partial charge in [-0.15, -0.1) is 0 Å². The molecule has 1 fully saturated rings. The Morgan fingerprint density at radius 3 is 2.63 bits per heavy atom. The molecule has 0 radical (unpaired) electrons.